The van der Waals surface area contributed by atoms with E-state index < -0.39 is 0 Å². The van der Waals surface area contributed by atoms with Gasteiger partial charge in [0, 0.05) is 31.2 Å². The van der Waals surface area contributed by atoms with E-state index >= 15 is 0 Å². The first-order valence-electron chi connectivity index (χ1n) is 3.77. The van der Waals surface area contributed by atoms with Crippen molar-refractivity contribution in [1.29, 1.82) is 0 Å². The van der Waals surface area contributed by atoms with Gasteiger partial charge < -0.3 is 5.32 Å². The largest absolute Gasteiger partial charge is 0.309 e. The van der Waals surface area contributed by atoms with E-state index in [9.17, 15) is 0 Å². The molecular weight excluding hydrogens is 138 g/mol. The Hall–Kier alpha value is -0.960. The number of rotatable bonds is 3. The number of hydrogen-bond acceptors (Lipinski definition) is 3. The summed E-state index contributed by atoms with van der Waals surface area (Å²) >= 11 is 0. The molecule has 0 aliphatic heterocycles. The topological polar surface area (TPSA) is 37.8 Å². The molecular formula is C8H13N3. The Morgan fingerprint density at radius 1 is 1.45 bits per heavy atom. The molecule has 0 atom stereocenters. The van der Waals surface area contributed by atoms with Gasteiger partial charge in [0.1, 0.15) is 0 Å². The molecule has 0 bridgehead atoms. The lowest BCUT2D eigenvalue weighted by atomic mass is 10.3. The van der Waals surface area contributed by atoms with E-state index in [1.54, 1.807) is 18.6 Å². The van der Waals surface area contributed by atoms with Crippen LogP contribution in [-0.4, -0.2) is 16.0 Å². The average Bonchev–Trinajstić information content (AvgIpc) is 2.03. The van der Waals surface area contributed by atoms with Gasteiger partial charge in [0.25, 0.3) is 0 Å². The molecule has 0 aromatic carbocycles. The third-order valence-corrected chi connectivity index (χ3v) is 1.31. The van der Waals surface area contributed by atoms with Crippen molar-refractivity contribution in [1.82, 2.24) is 15.3 Å². The first-order valence-corrected chi connectivity index (χ1v) is 3.77. The lowest BCUT2D eigenvalue weighted by molar-refractivity contribution is 0.580. The Morgan fingerprint density at radius 2 is 2.27 bits per heavy atom. The van der Waals surface area contributed by atoms with E-state index in [1.807, 2.05) is 0 Å². The van der Waals surface area contributed by atoms with Crippen LogP contribution < -0.4 is 5.32 Å². The molecule has 0 saturated heterocycles. The summed E-state index contributed by atoms with van der Waals surface area (Å²) < 4.78 is 0. The molecule has 0 saturated carbocycles. The van der Waals surface area contributed by atoms with Crippen LogP contribution in [0.2, 0.25) is 0 Å². The van der Waals surface area contributed by atoms with Crippen molar-refractivity contribution in [3.63, 3.8) is 0 Å². The predicted octanol–water partition coefficient (Wildman–Crippen LogP) is 0.975. The van der Waals surface area contributed by atoms with Crippen LogP contribution in [0.15, 0.2) is 18.6 Å². The third-order valence-electron chi connectivity index (χ3n) is 1.31. The summed E-state index contributed by atoms with van der Waals surface area (Å²) in [5.41, 5.74) is 0.987. The second-order valence-electron chi connectivity index (χ2n) is 2.73. The fraction of sp³-hybridized carbons (Fsp3) is 0.500. The highest BCUT2D eigenvalue weighted by Crippen LogP contribution is 1.89. The lowest BCUT2D eigenvalue weighted by Crippen LogP contribution is -2.22. The maximum atomic E-state index is 4.13. The Kier molecular flexibility index (Phi) is 2.98. The van der Waals surface area contributed by atoms with Crippen LogP contribution in [0.1, 0.15) is 19.5 Å². The van der Waals surface area contributed by atoms with Gasteiger partial charge >= 0.3 is 0 Å². The van der Waals surface area contributed by atoms with E-state index in [-0.39, 0.29) is 0 Å². The second-order valence-corrected chi connectivity index (χ2v) is 2.73. The number of hydrogen-bond donors (Lipinski definition) is 1. The summed E-state index contributed by atoms with van der Waals surface area (Å²) in [6.07, 6.45) is 5.16. The van der Waals surface area contributed by atoms with E-state index in [0.29, 0.717) is 6.04 Å². The van der Waals surface area contributed by atoms with E-state index in [1.165, 1.54) is 0 Å². The van der Waals surface area contributed by atoms with Crippen molar-refractivity contribution in [3.8, 4) is 0 Å². The molecule has 0 amide bonds. The van der Waals surface area contributed by atoms with Gasteiger partial charge in [-0.1, -0.05) is 13.8 Å². The van der Waals surface area contributed by atoms with Crippen molar-refractivity contribution in [2.24, 2.45) is 0 Å². The van der Waals surface area contributed by atoms with Crippen LogP contribution in [-0.2, 0) is 6.54 Å². The summed E-state index contributed by atoms with van der Waals surface area (Å²) in [7, 11) is 0. The highest BCUT2D eigenvalue weighted by Gasteiger charge is 1.94. The van der Waals surface area contributed by atoms with E-state index in [2.05, 4.69) is 29.1 Å². The van der Waals surface area contributed by atoms with Crippen LogP contribution in [0, 0.1) is 0 Å². The quantitative estimate of drug-likeness (QED) is 0.699. The minimum atomic E-state index is 0.497. The maximum Gasteiger partial charge on any atom is 0.0724 e. The van der Waals surface area contributed by atoms with Crippen LogP contribution in [0.4, 0.5) is 0 Å². The van der Waals surface area contributed by atoms with Gasteiger partial charge in [-0.2, -0.15) is 0 Å². The zero-order valence-electron chi connectivity index (χ0n) is 6.91. The molecule has 0 radical (unpaired) electrons. The fourth-order valence-electron chi connectivity index (χ4n) is 0.730. The highest BCUT2D eigenvalue weighted by molar-refractivity contribution is 4.93. The number of nitrogens with zero attached hydrogens (tertiary/aromatic N) is 2. The van der Waals surface area contributed by atoms with Crippen LogP contribution in [0.5, 0.6) is 0 Å². The number of aromatic nitrogens is 2. The smallest absolute Gasteiger partial charge is 0.0724 e. The zero-order chi connectivity index (χ0) is 8.10. The summed E-state index contributed by atoms with van der Waals surface area (Å²) in [6, 6.07) is 0.497. The standard InChI is InChI=1S/C8H13N3/c1-7(2)11-6-8-5-9-3-4-10-8/h3-5,7,11H,6H2,1-2H3. The van der Waals surface area contributed by atoms with Gasteiger partial charge in [0.2, 0.25) is 0 Å². The van der Waals surface area contributed by atoms with Crippen LogP contribution in [0.25, 0.3) is 0 Å². The van der Waals surface area contributed by atoms with Crippen molar-refractivity contribution in [2.45, 2.75) is 26.4 Å². The average molecular weight is 151 g/mol. The summed E-state index contributed by atoms with van der Waals surface area (Å²) in [5.74, 6) is 0. The van der Waals surface area contributed by atoms with Crippen molar-refractivity contribution in [3.05, 3.63) is 24.3 Å². The first-order chi connectivity index (χ1) is 5.29. The van der Waals surface area contributed by atoms with Gasteiger partial charge in [-0.3, -0.25) is 9.97 Å². The molecule has 0 unspecified atom stereocenters. The molecule has 0 aliphatic rings. The molecule has 0 spiro atoms. The molecule has 3 nitrogen and oxygen atoms in total. The van der Waals surface area contributed by atoms with Gasteiger partial charge in [-0.15, -0.1) is 0 Å². The SMILES string of the molecule is CC(C)NCc1cnccn1. The summed E-state index contributed by atoms with van der Waals surface area (Å²) in [5, 5.41) is 3.26. The van der Waals surface area contributed by atoms with Gasteiger partial charge in [-0.25, -0.2) is 0 Å². The van der Waals surface area contributed by atoms with Crippen molar-refractivity contribution in [2.75, 3.05) is 0 Å². The van der Waals surface area contributed by atoms with Crippen molar-refractivity contribution >= 4 is 0 Å². The lowest BCUT2D eigenvalue weighted by Gasteiger charge is -2.05. The Balaban J connectivity index is 2.39. The van der Waals surface area contributed by atoms with Gasteiger partial charge in [-0.05, 0) is 0 Å². The van der Waals surface area contributed by atoms with Crippen LogP contribution in [0.3, 0.4) is 0 Å². The molecule has 11 heavy (non-hydrogen) atoms. The van der Waals surface area contributed by atoms with E-state index in [0.717, 1.165) is 12.2 Å². The van der Waals surface area contributed by atoms with Crippen molar-refractivity contribution < 1.29 is 0 Å². The zero-order valence-corrected chi connectivity index (χ0v) is 6.91. The van der Waals surface area contributed by atoms with E-state index in [4.69, 9.17) is 0 Å². The Bertz CT molecular complexity index is 196. The molecule has 0 fully saturated rings. The van der Waals surface area contributed by atoms with Gasteiger partial charge in [0.15, 0.2) is 0 Å². The third kappa shape index (κ3) is 3.09. The second kappa shape index (κ2) is 4.03. The van der Waals surface area contributed by atoms with Gasteiger partial charge in [0.05, 0.1) is 5.69 Å². The summed E-state index contributed by atoms with van der Waals surface area (Å²) in [6.45, 7) is 5.01. The Morgan fingerprint density at radius 3 is 2.82 bits per heavy atom. The highest BCUT2D eigenvalue weighted by atomic mass is 14.9. The number of nitrogens with one attached hydrogen (secondary N) is 1. The normalized spacial score (nSPS) is 10.5. The monoisotopic (exact) mass is 151 g/mol. The van der Waals surface area contributed by atoms with Crippen LogP contribution >= 0.6 is 0 Å². The molecule has 1 rings (SSSR count). The molecule has 3 heteroatoms. The maximum absolute atomic E-state index is 4.13. The molecule has 1 heterocycles. The molecule has 60 valence electrons. The first kappa shape index (κ1) is 8.14. The molecule has 1 aromatic rings. The predicted molar refractivity (Wildman–Crippen MR) is 44.0 cm³/mol. The minimum Gasteiger partial charge on any atom is -0.309 e. The molecule has 1 N–H and O–H groups in total. The Labute approximate surface area is 66.9 Å². The fourth-order valence-corrected chi connectivity index (χ4v) is 0.730. The minimum absolute atomic E-state index is 0.497. The summed E-state index contributed by atoms with van der Waals surface area (Å²) in [4.78, 5) is 8.09. The molecule has 0 aliphatic carbocycles. The molecule has 1 aromatic heterocycles.